The zero-order valence-electron chi connectivity index (χ0n) is 8.81. The molecule has 0 aliphatic carbocycles. The van der Waals surface area contributed by atoms with Crippen LogP contribution in [0.4, 0.5) is 5.82 Å². The number of nitrogens with zero attached hydrogens (tertiary/aromatic N) is 1. The molecule has 2 aromatic rings. The lowest BCUT2D eigenvalue weighted by molar-refractivity contribution is 0.519. The van der Waals surface area contributed by atoms with Crippen molar-refractivity contribution in [3.05, 3.63) is 34.2 Å². The average molecular weight is 237 g/mol. The van der Waals surface area contributed by atoms with E-state index >= 15 is 0 Å². The molecule has 2 rings (SSSR count). The van der Waals surface area contributed by atoms with Gasteiger partial charge in [-0.2, -0.15) is 5.10 Å². The van der Waals surface area contributed by atoms with Crippen molar-refractivity contribution in [1.82, 2.24) is 15.6 Å². The summed E-state index contributed by atoms with van der Waals surface area (Å²) in [5.74, 6) is 6.11. The Morgan fingerprint density at radius 1 is 1.56 bits per heavy atom. The second-order valence-corrected chi connectivity index (χ2v) is 4.61. The van der Waals surface area contributed by atoms with E-state index in [-0.39, 0.29) is 6.04 Å². The first kappa shape index (κ1) is 11.1. The molecule has 0 amide bonds. The Hall–Kier alpha value is -1.37. The van der Waals surface area contributed by atoms with Gasteiger partial charge in [-0.15, -0.1) is 11.3 Å². The molecule has 2 aromatic heterocycles. The van der Waals surface area contributed by atoms with Gasteiger partial charge in [-0.1, -0.05) is 6.07 Å². The molecule has 0 saturated carbocycles. The van der Waals surface area contributed by atoms with Crippen molar-refractivity contribution in [2.24, 2.45) is 5.84 Å². The summed E-state index contributed by atoms with van der Waals surface area (Å²) in [7, 11) is 0. The molecule has 0 bridgehead atoms. The monoisotopic (exact) mass is 237 g/mol. The van der Waals surface area contributed by atoms with Gasteiger partial charge in [-0.25, -0.2) is 0 Å². The van der Waals surface area contributed by atoms with E-state index in [2.05, 4.69) is 33.1 Å². The zero-order chi connectivity index (χ0) is 11.4. The number of aromatic amines is 1. The first-order chi connectivity index (χ1) is 7.81. The second-order valence-electron chi connectivity index (χ2n) is 3.58. The number of nitrogen functional groups attached to an aromatic ring is 1. The standard InChI is InChI=1S/C10H15N5S/c11-10-8(6-13-15-10)9(14-12)4-3-7-2-1-5-16-7/h1-2,5-6,9,14H,3-4,12H2,(H3,11,13,15). The topological polar surface area (TPSA) is 92.7 Å². The summed E-state index contributed by atoms with van der Waals surface area (Å²) in [6, 6.07) is 4.22. The minimum atomic E-state index is 0.0425. The van der Waals surface area contributed by atoms with Crippen LogP contribution in [0.3, 0.4) is 0 Å². The van der Waals surface area contributed by atoms with Crippen molar-refractivity contribution in [1.29, 1.82) is 0 Å². The third kappa shape index (κ3) is 2.41. The molecular weight excluding hydrogens is 222 g/mol. The number of hydrazine groups is 1. The molecule has 5 nitrogen and oxygen atoms in total. The fourth-order valence-corrected chi connectivity index (χ4v) is 2.38. The maximum atomic E-state index is 5.75. The highest BCUT2D eigenvalue weighted by atomic mass is 32.1. The van der Waals surface area contributed by atoms with Gasteiger partial charge >= 0.3 is 0 Å². The molecule has 1 atom stereocenters. The lowest BCUT2D eigenvalue weighted by Gasteiger charge is -2.14. The Balaban J connectivity index is 1.99. The molecule has 0 aromatic carbocycles. The Kier molecular flexibility index (Phi) is 3.55. The van der Waals surface area contributed by atoms with Gasteiger partial charge in [0.25, 0.3) is 0 Å². The molecule has 16 heavy (non-hydrogen) atoms. The SMILES string of the molecule is NNC(CCc1cccs1)c1cn[nH]c1N. The predicted molar refractivity (Wildman–Crippen MR) is 65.7 cm³/mol. The quantitative estimate of drug-likeness (QED) is 0.464. The van der Waals surface area contributed by atoms with Gasteiger partial charge in [0.1, 0.15) is 5.82 Å². The number of nitrogens with one attached hydrogen (secondary N) is 2. The van der Waals surface area contributed by atoms with Crippen molar-refractivity contribution >= 4 is 17.2 Å². The molecule has 2 heterocycles. The maximum absolute atomic E-state index is 5.75. The summed E-state index contributed by atoms with van der Waals surface area (Å²) < 4.78 is 0. The zero-order valence-corrected chi connectivity index (χ0v) is 9.63. The molecule has 0 saturated heterocycles. The minimum Gasteiger partial charge on any atom is -0.384 e. The lowest BCUT2D eigenvalue weighted by atomic mass is 10.0. The summed E-state index contributed by atoms with van der Waals surface area (Å²) in [6.45, 7) is 0. The van der Waals surface area contributed by atoms with Gasteiger partial charge < -0.3 is 5.73 Å². The Morgan fingerprint density at radius 2 is 2.44 bits per heavy atom. The Labute approximate surface area is 97.8 Å². The number of hydrogen-bond acceptors (Lipinski definition) is 5. The normalized spacial score (nSPS) is 12.8. The fraction of sp³-hybridized carbons (Fsp3) is 0.300. The van der Waals surface area contributed by atoms with Crippen LogP contribution in [-0.2, 0) is 6.42 Å². The molecule has 86 valence electrons. The van der Waals surface area contributed by atoms with E-state index in [4.69, 9.17) is 11.6 Å². The van der Waals surface area contributed by atoms with E-state index in [0.717, 1.165) is 18.4 Å². The summed E-state index contributed by atoms with van der Waals surface area (Å²) in [4.78, 5) is 1.35. The average Bonchev–Trinajstić information content (AvgIpc) is 2.92. The van der Waals surface area contributed by atoms with Crippen molar-refractivity contribution in [2.45, 2.75) is 18.9 Å². The van der Waals surface area contributed by atoms with Gasteiger partial charge in [0.15, 0.2) is 0 Å². The molecule has 6 N–H and O–H groups in total. The summed E-state index contributed by atoms with van der Waals surface area (Å²) in [5, 5.41) is 8.68. The van der Waals surface area contributed by atoms with Gasteiger partial charge in [-0.05, 0) is 24.3 Å². The summed E-state index contributed by atoms with van der Waals surface area (Å²) >= 11 is 1.75. The predicted octanol–water partition coefficient (Wildman–Crippen LogP) is 1.19. The first-order valence-electron chi connectivity index (χ1n) is 5.08. The summed E-state index contributed by atoms with van der Waals surface area (Å²) in [6.07, 6.45) is 3.60. The number of nitrogens with two attached hydrogens (primary N) is 2. The third-order valence-electron chi connectivity index (χ3n) is 2.54. The van der Waals surface area contributed by atoms with E-state index < -0.39 is 0 Å². The first-order valence-corrected chi connectivity index (χ1v) is 5.96. The van der Waals surface area contributed by atoms with Crippen LogP contribution in [0.15, 0.2) is 23.7 Å². The smallest absolute Gasteiger partial charge is 0.123 e. The summed E-state index contributed by atoms with van der Waals surface area (Å²) in [5.41, 5.74) is 9.46. The van der Waals surface area contributed by atoms with E-state index in [1.807, 2.05) is 0 Å². The Morgan fingerprint density at radius 3 is 3.00 bits per heavy atom. The van der Waals surface area contributed by atoms with Crippen molar-refractivity contribution in [3.63, 3.8) is 0 Å². The van der Waals surface area contributed by atoms with Crippen LogP contribution in [0, 0.1) is 0 Å². The number of anilines is 1. The molecule has 0 radical (unpaired) electrons. The lowest BCUT2D eigenvalue weighted by Crippen LogP contribution is -2.28. The van der Waals surface area contributed by atoms with Crippen LogP contribution in [0.25, 0.3) is 0 Å². The van der Waals surface area contributed by atoms with Crippen molar-refractivity contribution in [3.8, 4) is 0 Å². The number of H-pyrrole nitrogens is 1. The van der Waals surface area contributed by atoms with Crippen LogP contribution in [-0.4, -0.2) is 10.2 Å². The van der Waals surface area contributed by atoms with E-state index in [9.17, 15) is 0 Å². The van der Waals surface area contributed by atoms with Gasteiger partial charge in [-0.3, -0.25) is 16.4 Å². The molecule has 0 spiro atoms. The van der Waals surface area contributed by atoms with Gasteiger partial charge in [0.2, 0.25) is 0 Å². The second kappa shape index (κ2) is 5.11. The van der Waals surface area contributed by atoms with Gasteiger partial charge in [0.05, 0.1) is 12.2 Å². The molecule has 0 aliphatic heterocycles. The molecule has 0 fully saturated rings. The number of rotatable bonds is 5. The number of aromatic nitrogens is 2. The molecule has 0 aliphatic rings. The Bertz CT molecular complexity index is 422. The van der Waals surface area contributed by atoms with Crippen LogP contribution in [0.5, 0.6) is 0 Å². The highest BCUT2D eigenvalue weighted by molar-refractivity contribution is 7.09. The largest absolute Gasteiger partial charge is 0.384 e. The van der Waals surface area contributed by atoms with E-state index in [1.165, 1.54) is 4.88 Å². The van der Waals surface area contributed by atoms with Crippen molar-refractivity contribution < 1.29 is 0 Å². The molecule has 6 heteroatoms. The van der Waals surface area contributed by atoms with Crippen LogP contribution < -0.4 is 17.0 Å². The van der Waals surface area contributed by atoms with E-state index in [0.29, 0.717) is 5.82 Å². The van der Waals surface area contributed by atoms with Crippen LogP contribution in [0.2, 0.25) is 0 Å². The molecule has 1 unspecified atom stereocenters. The maximum Gasteiger partial charge on any atom is 0.123 e. The van der Waals surface area contributed by atoms with Gasteiger partial charge in [0, 0.05) is 10.4 Å². The minimum absolute atomic E-state index is 0.0425. The number of hydrogen-bond donors (Lipinski definition) is 4. The fourth-order valence-electron chi connectivity index (χ4n) is 1.65. The van der Waals surface area contributed by atoms with Crippen molar-refractivity contribution in [2.75, 3.05) is 5.73 Å². The molecular formula is C10H15N5S. The highest BCUT2D eigenvalue weighted by Gasteiger charge is 2.14. The van der Waals surface area contributed by atoms with Crippen LogP contribution >= 0.6 is 11.3 Å². The third-order valence-corrected chi connectivity index (χ3v) is 3.47. The van der Waals surface area contributed by atoms with Crippen LogP contribution in [0.1, 0.15) is 22.9 Å². The number of aryl methyl sites for hydroxylation is 1. The van der Waals surface area contributed by atoms with E-state index in [1.54, 1.807) is 17.5 Å². The highest BCUT2D eigenvalue weighted by Crippen LogP contribution is 2.23. The number of thiophene rings is 1.